The van der Waals surface area contributed by atoms with Crippen LogP contribution >= 0.6 is 11.6 Å². The molecule has 2 N–H and O–H groups in total. The number of nitrogens with zero attached hydrogens (tertiary/aromatic N) is 1. The number of pyridine rings is 1. The maximum atomic E-state index is 12.0. The monoisotopic (exact) mass is 242 g/mol. The molecule has 1 aromatic heterocycles. The number of amides is 1. The summed E-state index contributed by atoms with van der Waals surface area (Å²) in [4.78, 5) is 23.1. The fourth-order valence-corrected chi connectivity index (χ4v) is 1.62. The van der Waals surface area contributed by atoms with Gasteiger partial charge in [-0.05, 0) is 18.9 Å². The van der Waals surface area contributed by atoms with E-state index in [0.717, 1.165) is 0 Å². The Morgan fingerprint density at radius 2 is 2.00 bits per heavy atom. The predicted molar refractivity (Wildman–Crippen MR) is 63.8 cm³/mol. The first-order valence-electron chi connectivity index (χ1n) is 5.06. The van der Waals surface area contributed by atoms with Crippen molar-refractivity contribution in [2.75, 3.05) is 0 Å². The number of aromatic nitrogens is 1. The highest BCUT2D eigenvalue weighted by Gasteiger charge is 2.18. The van der Waals surface area contributed by atoms with Gasteiger partial charge in [0.05, 0.1) is 5.02 Å². The van der Waals surface area contributed by atoms with E-state index in [4.69, 9.17) is 17.3 Å². The van der Waals surface area contributed by atoms with E-state index >= 15 is 0 Å². The van der Waals surface area contributed by atoms with Crippen LogP contribution < -0.4 is 11.3 Å². The standard InChI is InChI=1S/C11H15ClN2O2/c1-6(2)7(3)14-5-4-8(12)9(10(13)15)11(14)16/h4-7H,1-3H3,(H2,13,15)/t7-/m0/s1. The molecule has 0 aliphatic carbocycles. The fourth-order valence-electron chi connectivity index (χ4n) is 1.39. The van der Waals surface area contributed by atoms with Crippen molar-refractivity contribution in [2.24, 2.45) is 11.7 Å². The van der Waals surface area contributed by atoms with Crippen molar-refractivity contribution in [2.45, 2.75) is 26.8 Å². The van der Waals surface area contributed by atoms with Crippen molar-refractivity contribution in [3.05, 3.63) is 33.2 Å². The van der Waals surface area contributed by atoms with E-state index < -0.39 is 11.5 Å². The van der Waals surface area contributed by atoms with Gasteiger partial charge >= 0.3 is 0 Å². The van der Waals surface area contributed by atoms with Gasteiger partial charge in [0.1, 0.15) is 5.56 Å². The molecule has 0 unspecified atom stereocenters. The molecule has 0 saturated carbocycles. The van der Waals surface area contributed by atoms with Gasteiger partial charge in [-0.3, -0.25) is 9.59 Å². The summed E-state index contributed by atoms with van der Waals surface area (Å²) in [5.74, 6) is -0.514. The van der Waals surface area contributed by atoms with Crippen molar-refractivity contribution >= 4 is 17.5 Å². The summed E-state index contributed by atoms with van der Waals surface area (Å²) < 4.78 is 1.48. The molecule has 0 aliphatic rings. The van der Waals surface area contributed by atoms with Crippen LogP contribution in [0.3, 0.4) is 0 Å². The Hall–Kier alpha value is -1.29. The van der Waals surface area contributed by atoms with Gasteiger partial charge in [-0.2, -0.15) is 0 Å². The molecule has 0 aliphatic heterocycles. The molecule has 0 saturated heterocycles. The van der Waals surface area contributed by atoms with E-state index in [0.29, 0.717) is 0 Å². The third kappa shape index (κ3) is 2.27. The Balaban J connectivity index is 3.41. The molecule has 4 nitrogen and oxygen atoms in total. The molecule has 0 radical (unpaired) electrons. The highest BCUT2D eigenvalue weighted by atomic mass is 35.5. The van der Waals surface area contributed by atoms with Crippen molar-refractivity contribution in [3.63, 3.8) is 0 Å². The quantitative estimate of drug-likeness (QED) is 0.879. The molecule has 1 amide bonds. The number of carbonyl (C=O) groups is 1. The SMILES string of the molecule is CC(C)[C@H](C)n1ccc(Cl)c(C(N)=O)c1=O. The molecular weight excluding hydrogens is 228 g/mol. The Labute approximate surface area is 99.0 Å². The van der Waals surface area contributed by atoms with E-state index in [2.05, 4.69) is 0 Å². The Morgan fingerprint density at radius 1 is 1.44 bits per heavy atom. The van der Waals surface area contributed by atoms with Gasteiger partial charge in [0, 0.05) is 12.2 Å². The predicted octanol–water partition coefficient (Wildman–Crippen LogP) is 1.82. The lowest BCUT2D eigenvalue weighted by molar-refractivity contribution is 0.0998. The average Bonchev–Trinajstić information content (AvgIpc) is 2.16. The second-order valence-electron chi connectivity index (χ2n) is 4.10. The van der Waals surface area contributed by atoms with E-state index in [9.17, 15) is 9.59 Å². The lowest BCUT2D eigenvalue weighted by atomic mass is 10.1. The first-order valence-corrected chi connectivity index (χ1v) is 5.44. The summed E-state index contributed by atoms with van der Waals surface area (Å²) in [6.07, 6.45) is 1.59. The Kier molecular flexibility index (Phi) is 3.75. The molecule has 0 fully saturated rings. The molecule has 5 heteroatoms. The van der Waals surface area contributed by atoms with Crippen LogP contribution in [-0.4, -0.2) is 10.5 Å². The maximum Gasteiger partial charge on any atom is 0.265 e. The van der Waals surface area contributed by atoms with Crippen molar-refractivity contribution < 1.29 is 4.79 Å². The summed E-state index contributed by atoms with van der Waals surface area (Å²) >= 11 is 5.77. The second-order valence-corrected chi connectivity index (χ2v) is 4.51. The molecule has 88 valence electrons. The summed E-state index contributed by atoms with van der Waals surface area (Å²) in [5, 5.41) is 0.102. The first kappa shape index (κ1) is 12.8. The number of nitrogens with two attached hydrogens (primary N) is 1. The first-order chi connectivity index (χ1) is 7.36. The van der Waals surface area contributed by atoms with Crippen LogP contribution in [0.1, 0.15) is 37.2 Å². The number of rotatable bonds is 3. The number of primary amides is 1. The van der Waals surface area contributed by atoms with Crippen LogP contribution in [0.5, 0.6) is 0 Å². The van der Waals surface area contributed by atoms with Crippen LogP contribution in [0.2, 0.25) is 5.02 Å². The third-order valence-electron chi connectivity index (χ3n) is 2.72. The summed E-state index contributed by atoms with van der Waals surface area (Å²) in [6, 6.07) is 1.50. The number of hydrogen-bond donors (Lipinski definition) is 1. The largest absolute Gasteiger partial charge is 0.365 e. The molecule has 16 heavy (non-hydrogen) atoms. The van der Waals surface area contributed by atoms with Crippen LogP contribution in [0.4, 0.5) is 0 Å². The maximum absolute atomic E-state index is 12.0. The van der Waals surface area contributed by atoms with Gasteiger partial charge in [0.2, 0.25) is 0 Å². The highest BCUT2D eigenvalue weighted by molar-refractivity contribution is 6.33. The van der Waals surface area contributed by atoms with Gasteiger partial charge in [0.25, 0.3) is 11.5 Å². The summed E-state index contributed by atoms with van der Waals surface area (Å²) in [5.41, 5.74) is 4.55. The van der Waals surface area contributed by atoms with Crippen LogP contribution in [0.15, 0.2) is 17.1 Å². The summed E-state index contributed by atoms with van der Waals surface area (Å²) in [7, 11) is 0. The smallest absolute Gasteiger partial charge is 0.265 e. The normalized spacial score (nSPS) is 12.8. The average molecular weight is 243 g/mol. The molecule has 1 heterocycles. The van der Waals surface area contributed by atoms with Gasteiger partial charge in [-0.1, -0.05) is 25.4 Å². The number of halogens is 1. The second kappa shape index (κ2) is 4.70. The minimum absolute atomic E-state index is 0.0112. The molecule has 0 bridgehead atoms. The lowest BCUT2D eigenvalue weighted by Gasteiger charge is -2.19. The third-order valence-corrected chi connectivity index (χ3v) is 3.03. The lowest BCUT2D eigenvalue weighted by Crippen LogP contribution is -2.32. The zero-order valence-corrected chi connectivity index (χ0v) is 10.3. The van der Waals surface area contributed by atoms with Gasteiger partial charge in [-0.15, -0.1) is 0 Å². The van der Waals surface area contributed by atoms with Crippen molar-refractivity contribution in [3.8, 4) is 0 Å². The number of carbonyl (C=O) groups excluding carboxylic acids is 1. The van der Waals surface area contributed by atoms with Gasteiger partial charge in [0.15, 0.2) is 0 Å². The summed E-state index contributed by atoms with van der Waals surface area (Å²) in [6.45, 7) is 5.90. The zero-order valence-electron chi connectivity index (χ0n) is 9.53. The minimum atomic E-state index is -0.791. The highest BCUT2D eigenvalue weighted by Crippen LogP contribution is 2.17. The molecule has 0 spiro atoms. The zero-order chi connectivity index (χ0) is 12.5. The Bertz CT molecular complexity index is 466. The fraction of sp³-hybridized carbons (Fsp3) is 0.455. The Morgan fingerprint density at radius 3 is 2.44 bits per heavy atom. The van der Waals surface area contributed by atoms with Crippen LogP contribution in [-0.2, 0) is 0 Å². The molecule has 1 atom stereocenters. The molecule has 0 aromatic carbocycles. The van der Waals surface area contributed by atoms with E-state index in [1.807, 2.05) is 20.8 Å². The van der Waals surface area contributed by atoms with Crippen LogP contribution in [0, 0.1) is 5.92 Å². The topological polar surface area (TPSA) is 65.1 Å². The van der Waals surface area contributed by atoms with E-state index in [1.54, 1.807) is 6.20 Å². The van der Waals surface area contributed by atoms with Crippen molar-refractivity contribution in [1.82, 2.24) is 4.57 Å². The van der Waals surface area contributed by atoms with Crippen molar-refractivity contribution in [1.29, 1.82) is 0 Å². The molecular formula is C11H15ClN2O2. The molecule has 1 aromatic rings. The van der Waals surface area contributed by atoms with E-state index in [-0.39, 0.29) is 22.5 Å². The van der Waals surface area contributed by atoms with Gasteiger partial charge < -0.3 is 10.3 Å². The minimum Gasteiger partial charge on any atom is -0.365 e. The molecule has 1 rings (SSSR count). The van der Waals surface area contributed by atoms with Gasteiger partial charge in [-0.25, -0.2) is 0 Å². The van der Waals surface area contributed by atoms with E-state index in [1.165, 1.54) is 10.6 Å². The van der Waals surface area contributed by atoms with Crippen LogP contribution in [0.25, 0.3) is 0 Å². The number of hydrogen-bond acceptors (Lipinski definition) is 2.